The van der Waals surface area contributed by atoms with Gasteiger partial charge in [-0.3, -0.25) is 4.55 Å². The molecule has 0 saturated heterocycles. The SMILES string of the molecule is CCc1cc(=O)oc2cc(O)ccc12.O=S(=O)(O)c1ccc(Cl)cc1. The van der Waals surface area contributed by atoms with Crippen LogP contribution in [-0.2, 0) is 16.5 Å². The summed E-state index contributed by atoms with van der Waals surface area (Å²) in [5, 5.41) is 10.5. The number of phenols is 1. The van der Waals surface area contributed by atoms with Crippen LogP contribution in [0.4, 0.5) is 0 Å². The van der Waals surface area contributed by atoms with Crippen LogP contribution in [0.1, 0.15) is 12.5 Å². The molecule has 0 radical (unpaired) electrons. The fourth-order valence-corrected chi connectivity index (χ4v) is 2.72. The lowest BCUT2D eigenvalue weighted by atomic mass is 10.1. The van der Waals surface area contributed by atoms with Crippen LogP contribution >= 0.6 is 11.6 Å². The lowest BCUT2D eigenvalue weighted by Gasteiger charge is -2.02. The molecule has 8 heteroatoms. The smallest absolute Gasteiger partial charge is 0.336 e. The highest BCUT2D eigenvalue weighted by Gasteiger charge is 2.07. The third-order valence-electron chi connectivity index (χ3n) is 3.31. The van der Waals surface area contributed by atoms with Crippen LogP contribution in [0, 0.1) is 0 Å². The standard InChI is InChI=1S/C11H10O3.C6H5ClO3S/c1-2-7-5-11(13)14-10-6-8(12)3-4-9(7)10;7-5-1-3-6(4-2-5)11(8,9)10/h3-6,12H,2H2,1H3;1-4H,(H,8,9,10). The molecular weight excluding hydrogens is 368 g/mol. The molecule has 0 amide bonds. The number of halogens is 1. The number of hydrogen-bond acceptors (Lipinski definition) is 5. The highest BCUT2D eigenvalue weighted by Crippen LogP contribution is 2.21. The summed E-state index contributed by atoms with van der Waals surface area (Å²) >= 11 is 5.49. The molecule has 0 spiro atoms. The van der Waals surface area contributed by atoms with Crippen LogP contribution in [0.3, 0.4) is 0 Å². The van der Waals surface area contributed by atoms with E-state index >= 15 is 0 Å². The second kappa shape index (κ2) is 7.69. The first-order valence-corrected chi connectivity index (χ1v) is 9.01. The fraction of sp³-hybridized carbons (Fsp3) is 0.118. The third kappa shape index (κ3) is 5.06. The molecule has 0 aliphatic carbocycles. The summed E-state index contributed by atoms with van der Waals surface area (Å²) < 4.78 is 34.4. The minimum Gasteiger partial charge on any atom is -0.508 e. The average molecular weight is 383 g/mol. The summed E-state index contributed by atoms with van der Waals surface area (Å²) in [6.45, 7) is 1.97. The van der Waals surface area contributed by atoms with Gasteiger partial charge in [-0.2, -0.15) is 8.42 Å². The molecule has 0 fully saturated rings. The lowest BCUT2D eigenvalue weighted by molar-refractivity contribution is 0.473. The maximum atomic E-state index is 11.1. The minimum atomic E-state index is -4.08. The highest BCUT2D eigenvalue weighted by molar-refractivity contribution is 7.85. The molecule has 1 heterocycles. The van der Waals surface area contributed by atoms with E-state index in [2.05, 4.69) is 0 Å². The number of aromatic hydroxyl groups is 1. The Kier molecular flexibility index (Phi) is 5.84. The van der Waals surface area contributed by atoms with Crippen molar-refractivity contribution in [3.63, 3.8) is 0 Å². The largest absolute Gasteiger partial charge is 0.508 e. The third-order valence-corrected chi connectivity index (χ3v) is 4.43. The van der Waals surface area contributed by atoms with Gasteiger partial charge in [-0.25, -0.2) is 4.79 Å². The second-order valence-electron chi connectivity index (χ2n) is 5.05. The molecule has 0 atom stereocenters. The number of benzene rings is 2. The molecule has 3 aromatic rings. The van der Waals surface area contributed by atoms with E-state index in [1.54, 1.807) is 12.1 Å². The van der Waals surface area contributed by atoms with Crippen molar-refractivity contribution >= 4 is 32.7 Å². The van der Waals surface area contributed by atoms with Crippen molar-refractivity contribution in [3.8, 4) is 5.75 Å². The molecule has 0 bridgehead atoms. The highest BCUT2D eigenvalue weighted by atomic mass is 35.5. The Hall–Kier alpha value is -2.35. The van der Waals surface area contributed by atoms with Gasteiger partial charge in [0.15, 0.2) is 0 Å². The summed E-state index contributed by atoms with van der Waals surface area (Å²) in [6, 6.07) is 11.5. The topological polar surface area (TPSA) is 105 Å². The van der Waals surface area contributed by atoms with Crippen LogP contribution in [0.25, 0.3) is 11.0 Å². The number of hydrogen-bond donors (Lipinski definition) is 2. The summed E-state index contributed by atoms with van der Waals surface area (Å²) in [5.41, 5.74) is 1.01. The Balaban J connectivity index is 0.000000186. The van der Waals surface area contributed by atoms with Crippen molar-refractivity contribution in [1.29, 1.82) is 0 Å². The first kappa shape index (κ1) is 19.0. The molecule has 0 unspecified atom stereocenters. The molecule has 2 N–H and O–H groups in total. The van der Waals surface area contributed by atoms with E-state index < -0.39 is 10.1 Å². The van der Waals surface area contributed by atoms with Gasteiger partial charge < -0.3 is 9.52 Å². The lowest BCUT2D eigenvalue weighted by Crippen LogP contribution is -1.99. The van der Waals surface area contributed by atoms with Crippen LogP contribution in [0.5, 0.6) is 5.75 Å². The molecule has 0 saturated carbocycles. The minimum absolute atomic E-state index is 0.105. The molecule has 6 nitrogen and oxygen atoms in total. The van der Waals surface area contributed by atoms with Gasteiger partial charge in [0.25, 0.3) is 10.1 Å². The normalized spacial score (nSPS) is 11.0. The molecule has 0 aliphatic heterocycles. The summed E-state index contributed by atoms with van der Waals surface area (Å²) in [5.74, 6) is 0.105. The van der Waals surface area contributed by atoms with Gasteiger partial charge in [-0.1, -0.05) is 18.5 Å². The van der Waals surface area contributed by atoms with Crippen LogP contribution in [0.2, 0.25) is 5.02 Å². The van der Waals surface area contributed by atoms with E-state index in [0.717, 1.165) is 17.4 Å². The maximum Gasteiger partial charge on any atom is 0.336 e. The number of aryl methyl sites for hydroxylation is 1. The summed E-state index contributed by atoms with van der Waals surface area (Å²) in [6.07, 6.45) is 0.771. The number of rotatable bonds is 2. The Morgan fingerprint density at radius 1 is 1.08 bits per heavy atom. The maximum absolute atomic E-state index is 11.1. The first-order chi connectivity index (χ1) is 11.7. The van der Waals surface area contributed by atoms with Gasteiger partial charge in [0, 0.05) is 22.5 Å². The Bertz CT molecular complexity index is 1040. The predicted octanol–water partition coefficient (Wildman–Crippen LogP) is 3.65. The Morgan fingerprint density at radius 3 is 2.28 bits per heavy atom. The molecule has 3 rings (SSSR count). The van der Waals surface area contributed by atoms with Crippen molar-refractivity contribution in [2.24, 2.45) is 0 Å². The fourth-order valence-electron chi connectivity index (χ4n) is 2.12. The average Bonchev–Trinajstić information content (AvgIpc) is 2.53. The zero-order valence-electron chi connectivity index (χ0n) is 13.1. The monoisotopic (exact) mass is 382 g/mol. The van der Waals surface area contributed by atoms with E-state index in [4.69, 9.17) is 20.6 Å². The first-order valence-electron chi connectivity index (χ1n) is 7.19. The molecule has 0 aliphatic rings. The van der Waals surface area contributed by atoms with Crippen LogP contribution < -0.4 is 5.63 Å². The second-order valence-corrected chi connectivity index (χ2v) is 6.91. The van der Waals surface area contributed by atoms with Crippen molar-refractivity contribution in [2.45, 2.75) is 18.2 Å². The van der Waals surface area contributed by atoms with Crippen molar-refractivity contribution in [3.05, 3.63) is 69.5 Å². The molecular formula is C17H15ClO6S. The van der Waals surface area contributed by atoms with E-state index in [1.807, 2.05) is 6.92 Å². The van der Waals surface area contributed by atoms with E-state index in [-0.39, 0.29) is 16.3 Å². The van der Waals surface area contributed by atoms with Gasteiger partial charge in [-0.05, 0) is 48.4 Å². The number of fused-ring (bicyclic) bond motifs is 1. The summed E-state index contributed by atoms with van der Waals surface area (Å²) in [7, 11) is -4.08. The van der Waals surface area contributed by atoms with Crippen molar-refractivity contribution in [2.75, 3.05) is 0 Å². The Labute approximate surface area is 149 Å². The van der Waals surface area contributed by atoms with Gasteiger partial charge in [0.05, 0.1) is 4.90 Å². The molecule has 132 valence electrons. The van der Waals surface area contributed by atoms with Crippen LogP contribution in [-0.4, -0.2) is 18.1 Å². The van der Waals surface area contributed by atoms with Gasteiger partial charge in [-0.15, -0.1) is 0 Å². The zero-order chi connectivity index (χ0) is 18.6. The van der Waals surface area contributed by atoms with E-state index in [0.29, 0.717) is 10.6 Å². The molecule has 2 aromatic carbocycles. The quantitative estimate of drug-likeness (QED) is 0.517. The summed E-state index contributed by atoms with van der Waals surface area (Å²) in [4.78, 5) is 11.0. The van der Waals surface area contributed by atoms with Gasteiger partial charge in [0.2, 0.25) is 0 Å². The van der Waals surface area contributed by atoms with Crippen LogP contribution in [0.15, 0.2) is 62.6 Å². The van der Waals surface area contributed by atoms with Gasteiger partial charge in [0.1, 0.15) is 11.3 Å². The van der Waals surface area contributed by atoms with Crippen molar-refractivity contribution in [1.82, 2.24) is 0 Å². The Morgan fingerprint density at radius 2 is 1.72 bits per heavy atom. The molecule has 25 heavy (non-hydrogen) atoms. The van der Waals surface area contributed by atoms with E-state index in [1.165, 1.54) is 36.4 Å². The molecule has 1 aromatic heterocycles. The van der Waals surface area contributed by atoms with Crippen molar-refractivity contribution < 1.29 is 22.5 Å². The zero-order valence-corrected chi connectivity index (χ0v) is 14.7. The van der Waals surface area contributed by atoms with Gasteiger partial charge >= 0.3 is 5.63 Å². The van der Waals surface area contributed by atoms with E-state index in [9.17, 15) is 18.3 Å². The number of phenolic OH excluding ortho intramolecular Hbond substituents is 1. The predicted molar refractivity (Wildman–Crippen MR) is 94.8 cm³/mol.